The maximum Gasteiger partial charge on any atom is 0.331 e. The number of urea groups is 1. The van der Waals surface area contributed by atoms with Gasteiger partial charge in [-0.15, -0.1) is 0 Å². The van der Waals surface area contributed by atoms with Gasteiger partial charge in [0.25, 0.3) is 5.91 Å². The summed E-state index contributed by atoms with van der Waals surface area (Å²) in [6.45, 7) is 5.89. The lowest BCUT2D eigenvalue weighted by Crippen LogP contribution is -2.43. The van der Waals surface area contributed by atoms with Crippen LogP contribution in [0.1, 0.15) is 54.2 Å². The summed E-state index contributed by atoms with van der Waals surface area (Å²) >= 11 is 1.30. The van der Waals surface area contributed by atoms with E-state index < -0.39 is 22.9 Å². The van der Waals surface area contributed by atoms with Crippen LogP contribution in [0.5, 0.6) is 0 Å². The summed E-state index contributed by atoms with van der Waals surface area (Å²) in [6.07, 6.45) is 4.96. The number of imide groups is 1. The first kappa shape index (κ1) is 28.9. The highest BCUT2D eigenvalue weighted by Crippen LogP contribution is 2.31. The third-order valence-electron chi connectivity index (χ3n) is 5.69. The summed E-state index contributed by atoms with van der Waals surface area (Å²) in [5.74, 6) is -0.446. The van der Waals surface area contributed by atoms with Crippen molar-refractivity contribution in [1.82, 2.24) is 4.72 Å². The Bertz CT molecular complexity index is 1370. The third kappa shape index (κ3) is 6.40. The maximum atomic E-state index is 13.3. The van der Waals surface area contributed by atoms with Gasteiger partial charge in [0.05, 0.1) is 16.3 Å². The molecule has 11 heteroatoms. The highest BCUT2D eigenvalue weighted by Gasteiger charge is 2.33. The molecule has 38 heavy (non-hydrogen) atoms. The molecule has 0 aliphatic carbocycles. The Balaban J connectivity index is 0.00000195. The average molecular weight is 554 g/mol. The van der Waals surface area contributed by atoms with E-state index in [1.165, 1.54) is 16.7 Å². The Morgan fingerprint density at radius 2 is 1.95 bits per heavy atom. The molecule has 0 aromatic heterocycles. The van der Waals surface area contributed by atoms with Gasteiger partial charge in [0.2, 0.25) is 5.91 Å². The smallest absolute Gasteiger partial charge is 0.331 e. The van der Waals surface area contributed by atoms with Crippen LogP contribution in [0, 0.1) is 0 Å². The Morgan fingerprint density at radius 3 is 2.61 bits per heavy atom. The van der Waals surface area contributed by atoms with E-state index in [0.29, 0.717) is 56.5 Å². The molecular formula is C27H31N5O4S2. The minimum atomic E-state index is -1.66. The molecule has 4 amide bonds. The van der Waals surface area contributed by atoms with Crippen molar-refractivity contribution in [2.75, 3.05) is 17.3 Å². The number of aliphatic imine (C=N–C) groups is 1. The summed E-state index contributed by atoms with van der Waals surface area (Å²) in [7, 11) is -0.0887. The predicted octanol–water partition coefficient (Wildman–Crippen LogP) is 4.62. The first-order chi connectivity index (χ1) is 18.3. The molecule has 4 N–H and O–H groups in total. The van der Waals surface area contributed by atoms with Crippen molar-refractivity contribution in [2.24, 2.45) is 10.7 Å². The number of fused-ring (bicyclic) bond motifs is 1. The molecule has 2 aliphatic heterocycles. The molecule has 9 nitrogen and oxygen atoms in total. The minimum Gasteiger partial charge on any atom is -0.384 e. The molecule has 0 bridgehead atoms. The Kier molecular flexibility index (Phi) is 10.0. The second-order valence-corrected chi connectivity index (χ2v) is 10.3. The van der Waals surface area contributed by atoms with Crippen LogP contribution in [0.3, 0.4) is 0 Å². The van der Waals surface area contributed by atoms with Crippen LogP contribution in [0.2, 0.25) is 0 Å². The van der Waals surface area contributed by atoms with Gasteiger partial charge in [0.15, 0.2) is 11.0 Å². The number of amidine groups is 1. The monoisotopic (exact) mass is 553 g/mol. The van der Waals surface area contributed by atoms with E-state index in [0.717, 1.165) is 0 Å². The molecule has 200 valence electrons. The van der Waals surface area contributed by atoms with Crippen LogP contribution in [0.4, 0.5) is 16.2 Å². The number of carbonyl (C=O) groups excluding carboxylic acids is 3. The van der Waals surface area contributed by atoms with Crippen LogP contribution >= 0.6 is 11.8 Å². The molecule has 4 rings (SSSR count). The molecule has 1 atom stereocenters. The Hall–Kier alpha value is -3.70. The summed E-state index contributed by atoms with van der Waals surface area (Å²) < 4.78 is 15.3. The number of nitrogens with two attached hydrogens (primary N) is 1. The molecule has 2 aromatic rings. The van der Waals surface area contributed by atoms with E-state index >= 15 is 0 Å². The van der Waals surface area contributed by atoms with E-state index in [2.05, 4.69) is 15.0 Å². The topological polar surface area (TPSA) is 134 Å². The Morgan fingerprint density at radius 1 is 1.18 bits per heavy atom. The fraction of sp³-hybridized carbons (Fsp3) is 0.259. The van der Waals surface area contributed by atoms with Gasteiger partial charge >= 0.3 is 6.03 Å². The van der Waals surface area contributed by atoms with E-state index in [9.17, 15) is 18.6 Å². The summed E-state index contributed by atoms with van der Waals surface area (Å²) in [6, 6.07) is 9.40. The lowest BCUT2D eigenvalue weighted by atomic mass is 9.94. The number of hydrogen-bond acceptors (Lipinski definition) is 6. The molecule has 0 saturated heterocycles. The molecule has 1 unspecified atom stereocenters. The SMILES string of the molecule is CC.CCc1cc(NC(=O)NS(=O)C2=CCC=CS2)ccc1N1C(=O)Cc2cc(C(N)=NC)ccc2C1=O. The number of nitrogens with zero attached hydrogens (tertiary/aromatic N) is 2. The number of anilines is 2. The van der Waals surface area contributed by atoms with Crippen molar-refractivity contribution in [2.45, 2.75) is 40.0 Å². The first-order valence-corrected chi connectivity index (χ1v) is 14.2. The highest BCUT2D eigenvalue weighted by atomic mass is 32.2. The lowest BCUT2D eigenvalue weighted by Gasteiger charge is -2.29. The van der Waals surface area contributed by atoms with Gasteiger partial charge in [-0.2, -0.15) is 0 Å². The van der Waals surface area contributed by atoms with Gasteiger partial charge in [0, 0.05) is 23.9 Å². The van der Waals surface area contributed by atoms with Gasteiger partial charge in [-0.1, -0.05) is 50.8 Å². The average Bonchev–Trinajstić information content (AvgIpc) is 2.94. The number of hydrogen-bond donors (Lipinski definition) is 3. The van der Waals surface area contributed by atoms with E-state index in [1.807, 2.05) is 32.3 Å². The third-order valence-corrected chi connectivity index (χ3v) is 8.07. The molecule has 2 aliphatic rings. The van der Waals surface area contributed by atoms with Crippen molar-refractivity contribution >= 4 is 57.8 Å². The van der Waals surface area contributed by atoms with Crippen LogP contribution in [-0.4, -0.2) is 34.9 Å². The Labute approximate surface area is 229 Å². The van der Waals surface area contributed by atoms with Crippen LogP contribution in [0.15, 0.2) is 63.2 Å². The zero-order valence-corrected chi connectivity index (χ0v) is 23.4. The number of aryl methyl sites for hydroxylation is 1. The van der Waals surface area contributed by atoms with Gasteiger partial charge in [0.1, 0.15) is 5.84 Å². The largest absolute Gasteiger partial charge is 0.384 e. The number of amides is 4. The number of thioether (sulfide) groups is 1. The highest BCUT2D eigenvalue weighted by molar-refractivity contribution is 8.17. The molecule has 2 aromatic carbocycles. The van der Waals surface area contributed by atoms with Crippen LogP contribution in [-0.2, 0) is 28.6 Å². The van der Waals surface area contributed by atoms with Crippen molar-refractivity contribution < 1.29 is 18.6 Å². The zero-order chi connectivity index (χ0) is 27.8. The fourth-order valence-electron chi connectivity index (χ4n) is 3.91. The number of nitrogens with one attached hydrogen (secondary N) is 2. The van der Waals surface area contributed by atoms with Gasteiger partial charge in [-0.3, -0.25) is 19.3 Å². The molecular weight excluding hydrogens is 522 g/mol. The molecule has 0 spiro atoms. The number of allylic oxidation sites excluding steroid dienone is 2. The summed E-state index contributed by atoms with van der Waals surface area (Å²) in [4.78, 5) is 43.9. The van der Waals surface area contributed by atoms with E-state index in [1.54, 1.807) is 49.5 Å². The van der Waals surface area contributed by atoms with Gasteiger partial charge < -0.3 is 11.1 Å². The normalized spacial score (nSPS) is 15.6. The van der Waals surface area contributed by atoms with Crippen molar-refractivity contribution in [1.29, 1.82) is 0 Å². The van der Waals surface area contributed by atoms with Crippen molar-refractivity contribution in [3.05, 3.63) is 80.4 Å². The van der Waals surface area contributed by atoms with Crippen molar-refractivity contribution in [3.63, 3.8) is 0 Å². The summed E-state index contributed by atoms with van der Waals surface area (Å²) in [5.41, 5.74) is 9.18. The second kappa shape index (κ2) is 13.2. The number of carbonyl (C=O) groups is 3. The van der Waals surface area contributed by atoms with Gasteiger partial charge in [-0.05, 0) is 59.7 Å². The molecule has 0 saturated carbocycles. The van der Waals surface area contributed by atoms with Crippen LogP contribution in [0.25, 0.3) is 0 Å². The molecule has 2 heterocycles. The van der Waals surface area contributed by atoms with E-state index in [-0.39, 0.29) is 12.3 Å². The quantitative estimate of drug-likeness (QED) is 0.272. The number of benzene rings is 2. The number of rotatable bonds is 6. The minimum absolute atomic E-state index is 0.0480. The standard InChI is InChI=1S/C25H25N5O4S2.C2H6/c1-3-15-13-18(28-25(33)29-36(34)22-6-4-5-11-35-22)8-10-20(15)30-21(31)14-17-12-16(23(26)27-2)7-9-19(17)24(30)32;1-2/h5-13H,3-4,14H2,1-2H3,(H2,26,27)(H2,28,29,33);1-2H3. The lowest BCUT2D eigenvalue weighted by molar-refractivity contribution is -0.117. The first-order valence-electron chi connectivity index (χ1n) is 12.2. The maximum absolute atomic E-state index is 13.3. The molecule has 0 radical (unpaired) electrons. The van der Waals surface area contributed by atoms with Crippen molar-refractivity contribution in [3.8, 4) is 0 Å². The van der Waals surface area contributed by atoms with Crippen LogP contribution < -0.4 is 20.7 Å². The fourth-order valence-corrected chi connectivity index (χ4v) is 5.66. The zero-order valence-electron chi connectivity index (χ0n) is 21.7. The predicted molar refractivity (Wildman–Crippen MR) is 156 cm³/mol. The van der Waals surface area contributed by atoms with E-state index in [4.69, 9.17) is 5.73 Å². The van der Waals surface area contributed by atoms with Gasteiger partial charge in [-0.25, -0.2) is 13.9 Å². The summed E-state index contributed by atoms with van der Waals surface area (Å²) in [5, 5.41) is 4.50. The second-order valence-electron chi connectivity index (χ2n) is 7.96. The molecule has 0 fully saturated rings.